The topological polar surface area (TPSA) is 87.0 Å². The highest BCUT2D eigenvalue weighted by Crippen LogP contribution is 2.68. The second kappa shape index (κ2) is 7.60. The van der Waals surface area contributed by atoms with Gasteiger partial charge in [0.15, 0.2) is 0 Å². The zero-order valence-electron chi connectivity index (χ0n) is 19.0. The number of fused-ring (bicyclic) bond motifs is 5. The first-order valence-electron chi connectivity index (χ1n) is 11.9. The van der Waals surface area contributed by atoms with Crippen molar-refractivity contribution in [3.05, 3.63) is 12.2 Å². The van der Waals surface area contributed by atoms with Crippen molar-refractivity contribution in [2.24, 2.45) is 40.4 Å². The van der Waals surface area contributed by atoms with Gasteiger partial charge in [-0.25, -0.2) is 4.79 Å². The predicted molar refractivity (Wildman–Crippen MR) is 114 cm³/mol. The van der Waals surface area contributed by atoms with Crippen molar-refractivity contribution in [3.8, 4) is 0 Å². The molecule has 3 N–H and O–H groups in total. The van der Waals surface area contributed by atoms with E-state index in [1.54, 1.807) is 6.92 Å². The van der Waals surface area contributed by atoms with E-state index in [9.17, 15) is 20.1 Å². The molecule has 0 amide bonds. The molecule has 4 rings (SSSR count). The Morgan fingerprint density at radius 1 is 1.07 bits per heavy atom. The van der Waals surface area contributed by atoms with E-state index in [0.29, 0.717) is 42.1 Å². The molecule has 11 atom stereocenters. The average molecular weight is 421 g/mol. The van der Waals surface area contributed by atoms with Crippen LogP contribution in [0.25, 0.3) is 0 Å². The number of aliphatic hydroxyl groups excluding tert-OH is 3. The fourth-order valence-electron chi connectivity index (χ4n) is 8.52. The highest BCUT2D eigenvalue weighted by atomic mass is 16.5. The first kappa shape index (κ1) is 22.3. The van der Waals surface area contributed by atoms with E-state index in [2.05, 4.69) is 20.4 Å². The summed E-state index contributed by atoms with van der Waals surface area (Å²) in [6.45, 7) is 11.9. The number of aliphatic hydroxyl groups is 3. The van der Waals surface area contributed by atoms with Gasteiger partial charge in [0.1, 0.15) is 6.10 Å². The van der Waals surface area contributed by atoms with Gasteiger partial charge < -0.3 is 20.1 Å². The summed E-state index contributed by atoms with van der Waals surface area (Å²) >= 11 is 0. The first-order chi connectivity index (χ1) is 14.0. The van der Waals surface area contributed by atoms with Crippen molar-refractivity contribution in [2.75, 3.05) is 0 Å². The molecular weight excluding hydrogens is 380 g/mol. The number of ether oxygens (including phenoxy) is 1. The standard InChI is InChI=1S/C25H40O5/c1-13(2)23(29)30-21-11-18-16-7-6-15-10-19(27)20(28)12-25(15,5)17(16)8-9-24(18,4)22(21)14(3)26/h14-22,26-28H,1,6-12H2,2-5H3/t14-,15+,16-,17+,18+,19+,20-,21+,22+,24+,25+/m1/s1. The van der Waals surface area contributed by atoms with E-state index in [-0.39, 0.29) is 28.8 Å². The largest absolute Gasteiger partial charge is 0.459 e. The molecule has 0 heterocycles. The molecule has 4 aliphatic rings. The Labute approximate surface area is 180 Å². The molecule has 0 radical (unpaired) electrons. The number of rotatable bonds is 3. The van der Waals surface area contributed by atoms with Gasteiger partial charge in [0, 0.05) is 11.5 Å². The van der Waals surface area contributed by atoms with Gasteiger partial charge in [0.2, 0.25) is 0 Å². The van der Waals surface area contributed by atoms with Crippen LogP contribution in [0.2, 0.25) is 0 Å². The highest BCUT2D eigenvalue weighted by Gasteiger charge is 2.64. The maximum Gasteiger partial charge on any atom is 0.333 e. The third-order valence-corrected chi connectivity index (χ3v) is 9.90. The molecule has 0 unspecified atom stereocenters. The van der Waals surface area contributed by atoms with Crippen LogP contribution >= 0.6 is 0 Å². The van der Waals surface area contributed by atoms with Crippen LogP contribution in [0.3, 0.4) is 0 Å². The van der Waals surface area contributed by atoms with Crippen molar-refractivity contribution < 1.29 is 24.9 Å². The quantitative estimate of drug-likeness (QED) is 0.481. The van der Waals surface area contributed by atoms with Crippen LogP contribution in [0.5, 0.6) is 0 Å². The number of hydrogen-bond donors (Lipinski definition) is 3. The van der Waals surface area contributed by atoms with Crippen molar-refractivity contribution in [1.29, 1.82) is 0 Å². The summed E-state index contributed by atoms with van der Waals surface area (Å²) in [5, 5.41) is 31.4. The maximum atomic E-state index is 12.3. The first-order valence-corrected chi connectivity index (χ1v) is 11.9. The molecule has 0 aliphatic heterocycles. The Morgan fingerprint density at radius 3 is 2.40 bits per heavy atom. The Morgan fingerprint density at radius 2 is 1.77 bits per heavy atom. The zero-order chi connectivity index (χ0) is 22.0. The summed E-state index contributed by atoms with van der Waals surface area (Å²) in [6.07, 6.45) is 4.47. The van der Waals surface area contributed by atoms with Crippen LogP contribution in [0, 0.1) is 40.4 Å². The van der Waals surface area contributed by atoms with Gasteiger partial charge in [-0.2, -0.15) is 0 Å². The molecule has 5 nitrogen and oxygen atoms in total. The summed E-state index contributed by atoms with van der Waals surface area (Å²) in [7, 11) is 0. The zero-order valence-corrected chi connectivity index (χ0v) is 19.0. The smallest absolute Gasteiger partial charge is 0.333 e. The van der Waals surface area contributed by atoms with Crippen molar-refractivity contribution in [1.82, 2.24) is 0 Å². The normalized spacial score (nSPS) is 51.3. The lowest BCUT2D eigenvalue weighted by Gasteiger charge is -2.61. The van der Waals surface area contributed by atoms with Crippen molar-refractivity contribution >= 4 is 5.97 Å². The van der Waals surface area contributed by atoms with Gasteiger partial charge in [-0.15, -0.1) is 0 Å². The lowest BCUT2D eigenvalue weighted by Crippen LogP contribution is -2.57. The summed E-state index contributed by atoms with van der Waals surface area (Å²) in [4.78, 5) is 12.3. The Bertz CT molecular complexity index is 704. The molecule has 170 valence electrons. The van der Waals surface area contributed by atoms with Crippen molar-refractivity contribution in [2.45, 2.75) is 97.1 Å². The minimum absolute atomic E-state index is 0.0502. The lowest BCUT2D eigenvalue weighted by atomic mass is 9.44. The molecule has 4 saturated carbocycles. The van der Waals surface area contributed by atoms with E-state index in [1.165, 1.54) is 0 Å². The van der Waals surface area contributed by atoms with Crippen LogP contribution < -0.4 is 0 Å². The molecule has 4 fully saturated rings. The number of esters is 1. The Hall–Kier alpha value is -0.910. The fourth-order valence-corrected chi connectivity index (χ4v) is 8.52. The predicted octanol–water partition coefficient (Wildman–Crippen LogP) is 3.46. The molecule has 0 saturated heterocycles. The molecular formula is C25H40O5. The number of carbonyl (C=O) groups is 1. The molecule has 0 aromatic heterocycles. The van der Waals surface area contributed by atoms with Crippen LogP contribution in [0.4, 0.5) is 0 Å². The summed E-state index contributed by atoms with van der Waals surface area (Å²) in [5.74, 6) is 1.48. The fraction of sp³-hybridized carbons (Fsp3) is 0.880. The third-order valence-electron chi connectivity index (χ3n) is 9.90. The molecule has 0 aromatic rings. The maximum absolute atomic E-state index is 12.3. The summed E-state index contributed by atoms with van der Waals surface area (Å²) in [5.41, 5.74) is 0.404. The second-order valence-electron chi connectivity index (χ2n) is 11.5. The van der Waals surface area contributed by atoms with Crippen LogP contribution in [-0.4, -0.2) is 45.7 Å². The van der Waals surface area contributed by atoms with Gasteiger partial charge in [0.05, 0.1) is 18.3 Å². The van der Waals surface area contributed by atoms with E-state index in [4.69, 9.17) is 4.74 Å². The summed E-state index contributed by atoms with van der Waals surface area (Å²) < 4.78 is 5.87. The van der Waals surface area contributed by atoms with E-state index < -0.39 is 18.3 Å². The third kappa shape index (κ3) is 3.27. The van der Waals surface area contributed by atoms with Gasteiger partial charge in [-0.3, -0.25) is 0 Å². The SMILES string of the molecule is C=C(C)C(=O)O[C@H]1C[C@H]2[C@@H]3CC[C@H]4C[C@H](O)[C@H](O)C[C@]4(C)[C@H]3CC[C@]2(C)[C@H]1[C@@H](C)O. The van der Waals surface area contributed by atoms with E-state index in [1.807, 2.05) is 6.92 Å². The Kier molecular flexibility index (Phi) is 5.64. The van der Waals surface area contributed by atoms with Gasteiger partial charge in [0.25, 0.3) is 0 Å². The van der Waals surface area contributed by atoms with Crippen LogP contribution in [-0.2, 0) is 9.53 Å². The van der Waals surface area contributed by atoms with Crippen molar-refractivity contribution in [3.63, 3.8) is 0 Å². The highest BCUT2D eigenvalue weighted by molar-refractivity contribution is 5.87. The minimum Gasteiger partial charge on any atom is -0.459 e. The Balaban J connectivity index is 1.62. The minimum atomic E-state index is -0.628. The van der Waals surface area contributed by atoms with Crippen LogP contribution in [0.1, 0.15) is 72.6 Å². The monoisotopic (exact) mass is 420 g/mol. The van der Waals surface area contributed by atoms with Gasteiger partial charge in [-0.05, 0) is 93.3 Å². The van der Waals surface area contributed by atoms with E-state index in [0.717, 1.165) is 32.1 Å². The number of hydrogen-bond acceptors (Lipinski definition) is 5. The lowest BCUT2D eigenvalue weighted by molar-refractivity contribution is -0.163. The average Bonchev–Trinajstić information content (AvgIpc) is 2.95. The molecule has 5 heteroatoms. The molecule has 0 spiro atoms. The molecule has 0 aromatic carbocycles. The molecule has 0 bridgehead atoms. The molecule has 30 heavy (non-hydrogen) atoms. The van der Waals surface area contributed by atoms with Gasteiger partial charge >= 0.3 is 5.97 Å². The van der Waals surface area contributed by atoms with Crippen LogP contribution in [0.15, 0.2) is 12.2 Å². The van der Waals surface area contributed by atoms with Gasteiger partial charge in [-0.1, -0.05) is 20.4 Å². The van der Waals surface area contributed by atoms with E-state index >= 15 is 0 Å². The second-order valence-corrected chi connectivity index (χ2v) is 11.5. The summed E-state index contributed by atoms with van der Waals surface area (Å²) in [6, 6.07) is 0. The number of carbonyl (C=O) groups excluding carboxylic acids is 1. The molecule has 4 aliphatic carbocycles.